The zero-order valence-electron chi connectivity index (χ0n) is 15.6. The van der Waals surface area contributed by atoms with Crippen molar-refractivity contribution >= 4 is 21.7 Å². The van der Waals surface area contributed by atoms with E-state index < -0.39 is 10.0 Å². The van der Waals surface area contributed by atoms with Gasteiger partial charge in [0.25, 0.3) is 0 Å². The molecule has 0 aromatic heterocycles. The van der Waals surface area contributed by atoms with Gasteiger partial charge in [-0.15, -0.1) is 0 Å². The Balaban J connectivity index is 1.50. The second-order valence-corrected chi connectivity index (χ2v) is 9.58. The first-order valence-corrected chi connectivity index (χ1v) is 11.4. The van der Waals surface area contributed by atoms with Crippen molar-refractivity contribution in [2.45, 2.75) is 43.0 Å². The Morgan fingerprint density at radius 3 is 2.56 bits per heavy atom. The first-order chi connectivity index (χ1) is 13.1. The van der Waals surface area contributed by atoms with E-state index in [1.165, 1.54) is 6.42 Å². The average Bonchev–Trinajstić information content (AvgIpc) is 3.17. The van der Waals surface area contributed by atoms with E-state index in [2.05, 4.69) is 10.2 Å². The fourth-order valence-electron chi connectivity index (χ4n) is 4.41. The van der Waals surface area contributed by atoms with Gasteiger partial charge < -0.3 is 10.2 Å². The van der Waals surface area contributed by atoms with Gasteiger partial charge in [-0.3, -0.25) is 4.90 Å². The summed E-state index contributed by atoms with van der Waals surface area (Å²) in [4.78, 5) is 17.3. The highest BCUT2D eigenvalue weighted by Crippen LogP contribution is 2.28. The largest absolute Gasteiger partial charge is 0.322 e. The minimum Gasteiger partial charge on any atom is -0.322 e. The number of nitrogens with one attached hydrogen (secondary N) is 1. The molecule has 1 aromatic rings. The molecule has 1 N–H and O–H groups in total. The first kappa shape index (κ1) is 18.7. The van der Waals surface area contributed by atoms with Crippen molar-refractivity contribution in [2.24, 2.45) is 0 Å². The average molecular weight is 393 g/mol. The summed E-state index contributed by atoms with van der Waals surface area (Å²) in [7, 11) is -3.59. The number of para-hydroxylation sites is 1. The number of hydrogen-bond acceptors (Lipinski definition) is 4. The molecule has 0 spiro atoms. The van der Waals surface area contributed by atoms with E-state index in [1.54, 1.807) is 28.6 Å². The van der Waals surface area contributed by atoms with Crippen LogP contribution in [0.1, 0.15) is 32.1 Å². The molecular formula is C19H28N4O3S. The van der Waals surface area contributed by atoms with Crippen LogP contribution in [-0.4, -0.2) is 73.9 Å². The number of piperazine rings is 1. The van der Waals surface area contributed by atoms with Crippen molar-refractivity contribution in [1.82, 2.24) is 14.1 Å². The lowest BCUT2D eigenvalue weighted by Crippen LogP contribution is -2.53. The van der Waals surface area contributed by atoms with E-state index in [0.717, 1.165) is 38.8 Å². The SMILES string of the molecule is O=C(Nc1ccccc1S(=O)(=O)N1CCCCC1)N1CCN2CCCC2C1. The van der Waals surface area contributed by atoms with Crippen LogP contribution in [-0.2, 0) is 10.0 Å². The molecule has 3 aliphatic heterocycles. The second-order valence-electron chi connectivity index (χ2n) is 7.67. The molecule has 3 aliphatic rings. The Bertz CT molecular complexity index is 792. The van der Waals surface area contributed by atoms with Gasteiger partial charge in [-0.05, 0) is 44.4 Å². The van der Waals surface area contributed by atoms with E-state index >= 15 is 0 Å². The van der Waals surface area contributed by atoms with Crippen LogP contribution in [0.5, 0.6) is 0 Å². The van der Waals surface area contributed by atoms with Crippen molar-refractivity contribution in [1.29, 1.82) is 0 Å². The highest BCUT2D eigenvalue weighted by molar-refractivity contribution is 7.89. The van der Waals surface area contributed by atoms with Crippen LogP contribution in [0.3, 0.4) is 0 Å². The van der Waals surface area contributed by atoms with E-state index in [-0.39, 0.29) is 10.9 Å². The summed E-state index contributed by atoms with van der Waals surface area (Å²) in [5.74, 6) is 0. The van der Waals surface area contributed by atoms with Crippen LogP contribution in [0, 0.1) is 0 Å². The molecule has 0 radical (unpaired) electrons. The van der Waals surface area contributed by atoms with Crippen LogP contribution >= 0.6 is 0 Å². The number of sulfonamides is 1. The standard InChI is InChI=1S/C19H28N4O3S/c24-19(22-14-13-21-10-6-7-16(21)15-22)20-17-8-2-3-9-18(17)27(25,26)23-11-4-1-5-12-23/h2-3,8-9,16H,1,4-7,10-15H2,(H,20,24). The quantitative estimate of drug-likeness (QED) is 0.856. The minimum atomic E-state index is -3.59. The van der Waals surface area contributed by atoms with Crippen LogP contribution in [0.25, 0.3) is 0 Å². The number of piperidine rings is 1. The molecule has 3 fully saturated rings. The number of hydrogen-bond donors (Lipinski definition) is 1. The number of anilines is 1. The molecule has 1 aromatic carbocycles. The maximum Gasteiger partial charge on any atom is 0.321 e. The highest BCUT2D eigenvalue weighted by atomic mass is 32.2. The zero-order chi connectivity index (χ0) is 18.9. The van der Waals surface area contributed by atoms with Crippen molar-refractivity contribution in [3.05, 3.63) is 24.3 Å². The van der Waals surface area contributed by atoms with Crippen LogP contribution in [0.2, 0.25) is 0 Å². The fourth-order valence-corrected chi connectivity index (χ4v) is 6.07. The van der Waals surface area contributed by atoms with Crippen LogP contribution < -0.4 is 5.32 Å². The maximum absolute atomic E-state index is 13.1. The second kappa shape index (κ2) is 7.77. The Morgan fingerprint density at radius 2 is 1.74 bits per heavy atom. The number of nitrogens with zero attached hydrogens (tertiary/aromatic N) is 3. The zero-order valence-corrected chi connectivity index (χ0v) is 16.5. The van der Waals surface area contributed by atoms with Gasteiger partial charge in [-0.25, -0.2) is 13.2 Å². The molecule has 1 unspecified atom stereocenters. The number of carbonyl (C=O) groups is 1. The van der Waals surface area contributed by atoms with Crippen molar-refractivity contribution in [3.8, 4) is 0 Å². The Morgan fingerprint density at radius 1 is 0.963 bits per heavy atom. The molecule has 0 aliphatic carbocycles. The van der Waals surface area contributed by atoms with Crippen molar-refractivity contribution in [2.75, 3.05) is 44.6 Å². The third-order valence-corrected chi connectivity index (χ3v) is 7.89. The summed E-state index contributed by atoms with van der Waals surface area (Å²) in [5, 5.41) is 2.87. The lowest BCUT2D eigenvalue weighted by atomic mass is 10.1. The molecule has 7 nitrogen and oxygen atoms in total. The smallest absolute Gasteiger partial charge is 0.321 e. The summed E-state index contributed by atoms with van der Waals surface area (Å²) in [6, 6.07) is 6.98. The van der Waals surface area contributed by atoms with Gasteiger partial charge in [0, 0.05) is 38.8 Å². The third kappa shape index (κ3) is 3.83. The molecule has 2 amide bonds. The molecule has 3 saturated heterocycles. The number of amides is 2. The molecule has 4 rings (SSSR count). The Kier molecular flexibility index (Phi) is 5.39. The maximum atomic E-state index is 13.1. The summed E-state index contributed by atoms with van der Waals surface area (Å²) < 4.78 is 27.7. The number of carbonyl (C=O) groups excluding carboxylic acids is 1. The number of urea groups is 1. The molecular weight excluding hydrogens is 364 g/mol. The fraction of sp³-hybridized carbons (Fsp3) is 0.632. The summed E-state index contributed by atoms with van der Waals surface area (Å²) in [6.07, 6.45) is 5.16. The summed E-state index contributed by atoms with van der Waals surface area (Å²) in [6.45, 7) is 4.52. The van der Waals surface area contributed by atoms with E-state index in [4.69, 9.17) is 0 Å². The predicted octanol–water partition coefficient (Wildman–Crippen LogP) is 2.17. The topological polar surface area (TPSA) is 73.0 Å². The molecule has 0 bridgehead atoms. The molecule has 8 heteroatoms. The van der Waals surface area contributed by atoms with Gasteiger partial charge in [0.1, 0.15) is 4.90 Å². The predicted molar refractivity (Wildman–Crippen MR) is 104 cm³/mol. The van der Waals surface area contributed by atoms with Gasteiger partial charge in [0.05, 0.1) is 5.69 Å². The first-order valence-electron chi connectivity index (χ1n) is 9.95. The summed E-state index contributed by atoms with van der Waals surface area (Å²) in [5.41, 5.74) is 0.377. The van der Waals surface area contributed by atoms with Gasteiger partial charge in [0.15, 0.2) is 0 Å². The molecule has 0 saturated carbocycles. The minimum absolute atomic E-state index is 0.194. The molecule has 1 atom stereocenters. The molecule has 148 valence electrons. The highest BCUT2D eigenvalue weighted by Gasteiger charge is 2.33. The number of benzene rings is 1. The van der Waals surface area contributed by atoms with E-state index in [0.29, 0.717) is 37.9 Å². The van der Waals surface area contributed by atoms with Gasteiger partial charge in [-0.1, -0.05) is 18.6 Å². The molecule has 27 heavy (non-hydrogen) atoms. The lowest BCUT2D eigenvalue weighted by Gasteiger charge is -2.37. The summed E-state index contributed by atoms with van der Waals surface area (Å²) >= 11 is 0. The van der Waals surface area contributed by atoms with Crippen molar-refractivity contribution < 1.29 is 13.2 Å². The van der Waals surface area contributed by atoms with E-state index in [1.807, 2.05) is 4.90 Å². The van der Waals surface area contributed by atoms with Crippen molar-refractivity contribution in [3.63, 3.8) is 0 Å². The van der Waals surface area contributed by atoms with Gasteiger partial charge in [0.2, 0.25) is 10.0 Å². The Labute approximate surface area is 161 Å². The van der Waals surface area contributed by atoms with Gasteiger partial charge in [-0.2, -0.15) is 4.31 Å². The number of fused-ring (bicyclic) bond motifs is 1. The Hall–Kier alpha value is -1.64. The van der Waals surface area contributed by atoms with E-state index in [9.17, 15) is 13.2 Å². The number of rotatable bonds is 3. The van der Waals surface area contributed by atoms with Crippen LogP contribution in [0.4, 0.5) is 10.5 Å². The molecule has 3 heterocycles. The van der Waals surface area contributed by atoms with Gasteiger partial charge >= 0.3 is 6.03 Å². The normalized spacial score (nSPS) is 24.6. The monoisotopic (exact) mass is 392 g/mol. The third-order valence-electron chi connectivity index (χ3n) is 5.94. The lowest BCUT2D eigenvalue weighted by molar-refractivity contribution is 0.124. The van der Waals surface area contributed by atoms with Crippen LogP contribution in [0.15, 0.2) is 29.2 Å².